The first-order valence-electron chi connectivity index (χ1n) is 2.41. The second-order valence-electron chi connectivity index (χ2n) is 1.80. The highest BCUT2D eigenvalue weighted by Gasteiger charge is 1.99. The molecule has 0 fully saturated rings. The number of halogens is 2. The summed E-state index contributed by atoms with van der Waals surface area (Å²) in [6, 6.07) is 0. The van der Waals surface area contributed by atoms with Gasteiger partial charge in [-0.1, -0.05) is 45.7 Å². The Balaban J connectivity index is 2.95. The lowest BCUT2D eigenvalue weighted by Crippen LogP contribution is -1.97. The van der Waals surface area contributed by atoms with E-state index in [1.807, 2.05) is 0 Å². The van der Waals surface area contributed by atoms with Crippen molar-refractivity contribution in [2.24, 2.45) is 0 Å². The van der Waals surface area contributed by atoms with Crippen LogP contribution in [0.15, 0.2) is 0 Å². The molecule has 0 rings (SSSR count). The molecule has 0 aliphatic rings. The van der Waals surface area contributed by atoms with Gasteiger partial charge in [0.15, 0.2) is 0 Å². The Kier molecular flexibility index (Phi) is 4.44. The Morgan fingerprint density at radius 2 is 1.43 bits per heavy atom. The van der Waals surface area contributed by atoms with Crippen molar-refractivity contribution in [3.63, 3.8) is 0 Å². The fourth-order valence-corrected chi connectivity index (χ4v) is 2.07. The van der Waals surface area contributed by atoms with E-state index in [9.17, 15) is 0 Å². The quantitative estimate of drug-likeness (QED) is 0.639. The first kappa shape index (κ1) is 7.96. The van der Waals surface area contributed by atoms with Crippen LogP contribution in [0.3, 0.4) is 0 Å². The monoisotopic (exact) mass is 228 g/mol. The second-order valence-corrected chi connectivity index (χ2v) is 4.92. The summed E-state index contributed by atoms with van der Waals surface area (Å²) in [5.74, 6) is 0. The van der Waals surface area contributed by atoms with Gasteiger partial charge in [0.2, 0.25) is 0 Å². The van der Waals surface area contributed by atoms with Gasteiger partial charge in [-0.15, -0.1) is 0 Å². The first-order valence-corrected chi connectivity index (χ1v) is 4.24. The van der Waals surface area contributed by atoms with Crippen molar-refractivity contribution < 1.29 is 0 Å². The molecule has 0 aromatic carbocycles. The standard InChI is InChI=1S/C5H10Br2/c1-4(6)3-5(2)7/h4-5H,3H2,1-2H3/t4-,5+. The zero-order valence-corrected chi connectivity index (χ0v) is 7.79. The van der Waals surface area contributed by atoms with E-state index < -0.39 is 0 Å². The normalized spacial score (nSPS) is 18.9. The molecule has 0 spiro atoms. The minimum absolute atomic E-state index is 0.641. The molecule has 0 bridgehead atoms. The molecule has 0 radical (unpaired) electrons. The van der Waals surface area contributed by atoms with Gasteiger partial charge in [-0.05, 0) is 6.42 Å². The molecule has 2 atom stereocenters. The third-order valence-electron chi connectivity index (χ3n) is 0.650. The summed E-state index contributed by atoms with van der Waals surface area (Å²) in [6.07, 6.45) is 1.19. The van der Waals surface area contributed by atoms with E-state index in [2.05, 4.69) is 45.7 Å². The first-order chi connectivity index (χ1) is 3.13. The van der Waals surface area contributed by atoms with Crippen LogP contribution >= 0.6 is 31.9 Å². The van der Waals surface area contributed by atoms with Crippen LogP contribution in [-0.4, -0.2) is 9.65 Å². The predicted molar refractivity (Wildman–Crippen MR) is 41.4 cm³/mol. The zero-order chi connectivity index (χ0) is 5.86. The highest BCUT2D eigenvalue weighted by molar-refractivity contribution is 9.10. The maximum absolute atomic E-state index is 3.44. The van der Waals surface area contributed by atoms with Crippen molar-refractivity contribution in [1.82, 2.24) is 0 Å². The van der Waals surface area contributed by atoms with E-state index in [1.165, 1.54) is 6.42 Å². The van der Waals surface area contributed by atoms with Gasteiger partial charge in [0.1, 0.15) is 0 Å². The molecule has 0 N–H and O–H groups in total. The summed E-state index contributed by atoms with van der Waals surface area (Å²) in [5, 5.41) is 0. The van der Waals surface area contributed by atoms with Gasteiger partial charge < -0.3 is 0 Å². The molecule has 0 amide bonds. The van der Waals surface area contributed by atoms with E-state index >= 15 is 0 Å². The van der Waals surface area contributed by atoms with Crippen LogP contribution in [0.2, 0.25) is 0 Å². The van der Waals surface area contributed by atoms with Gasteiger partial charge in [0.25, 0.3) is 0 Å². The number of rotatable bonds is 2. The summed E-state index contributed by atoms with van der Waals surface area (Å²) < 4.78 is 0. The number of hydrogen-bond acceptors (Lipinski definition) is 0. The van der Waals surface area contributed by atoms with Crippen LogP contribution in [0.5, 0.6) is 0 Å². The van der Waals surface area contributed by atoms with Gasteiger partial charge in [0, 0.05) is 9.65 Å². The second kappa shape index (κ2) is 3.90. The summed E-state index contributed by atoms with van der Waals surface area (Å²) in [4.78, 5) is 1.28. The maximum Gasteiger partial charge on any atom is 0.0128 e. The lowest BCUT2D eigenvalue weighted by Gasteiger charge is -2.02. The Morgan fingerprint density at radius 3 is 1.43 bits per heavy atom. The van der Waals surface area contributed by atoms with E-state index in [0.29, 0.717) is 9.65 Å². The molecule has 0 aliphatic carbocycles. The molecule has 0 aromatic rings. The minimum Gasteiger partial charge on any atom is -0.0893 e. The van der Waals surface area contributed by atoms with Crippen LogP contribution in [0.1, 0.15) is 20.3 Å². The molecule has 0 saturated carbocycles. The summed E-state index contributed by atoms with van der Waals surface area (Å²) in [5.41, 5.74) is 0. The maximum atomic E-state index is 3.44. The van der Waals surface area contributed by atoms with Crippen molar-refractivity contribution in [2.45, 2.75) is 29.9 Å². The number of hydrogen-bond donors (Lipinski definition) is 0. The highest BCUT2D eigenvalue weighted by Crippen LogP contribution is 2.11. The van der Waals surface area contributed by atoms with E-state index in [4.69, 9.17) is 0 Å². The van der Waals surface area contributed by atoms with Gasteiger partial charge in [-0.2, -0.15) is 0 Å². The fourth-order valence-electron chi connectivity index (χ4n) is 0.448. The van der Waals surface area contributed by atoms with Gasteiger partial charge in [-0.25, -0.2) is 0 Å². The molecule has 0 nitrogen and oxygen atoms in total. The Hall–Kier alpha value is 0.960. The largest absolute Gasteiger partial charge is 0.0893 e. The molecule has 44 valence electrons. The SMILES string of the molecule is C[C@H](Br)C[C@@H](C)Br. The smallest absolute Gasteiger partial charge is 0.0128 e. The fraction of sp³-hybridized carbons (Fsp3) is 1.00. The van der Waals surface area contributed by atoms with Crippen molar-refractivity contribution >= 4 is 31.9 Å². The van der Waals surface area contributed by atoms with E-state index in [-0.39, 0.29) is 0 Å². The van der Waals surface area contributed by atoms with Crippen molar-refractivity contribution in [3.8, 4) is 0 Å². The summed E-state index contributed by atoms with van der Waals surface area (Å²) in [6.45, 7) is 4.30. The van der Waals surface area contributed by atoms with Gasteiger partial charge >= 0.3 is 0 Å². The van der Waals surface area contributed by atoms with E-state index in [1.54, 1.807) is 0 Å². The van der Waals surface area contributed by atoms with Crippen LogP contribution in [-0.2, 0) is 0 Å². The molecular weight excluding hydrogens is 220 g/mol. The van der Waals surface area contributed by atoms with Crippen LogP contribution in [0.25, 0.3) is 0 Å². The van der Waals surface area contributed by atoms with E-state index in [0.717, 1.165) is 0 Å². The lowest BCUT2D eigenvalue weighted by atomic mass is 10.3. The summed E-state index contributed by atoms with van der Waals surface area (Å²) >= 11 is 6.89. The molecule has 7 heavy (non-hydrogen) atoms. The number of alkyl halides is 2. The minimum atomic E-state index is 0.641. The molecule has 0 heterocycles. The average molecular weight is 230 g/mol. The topological polar surface area (TPSA) is 0 Å². The Morgan fingerprint density at radius 1 is 1.14 bits per heavy atom. The third-order valence-corrected chi connectivity index (χ3v) is 1.40. The van der Waals surface area contributed by atoms with Crippen molar-refractivity contribution in [2.75, 3.05) is 0 Å². The molecular formula is C5H10Br2. The van der Waals surface area contributed by atoms with Gasteiger partial charge in [-0.3, -0.25) is 0 Å². The third kappa shape index (κ3) is 6.96. The van der Waals surface area contributed by atoms with Crippen LogP contribution < -0.4 is 0 Å². The average Bonchev–Trinajstić information content (AvgIpc) is 1.27. The van der Waals surface area contributed by atoms with Crippen molar-refractivity contribution in [3.05, 3.63) is 0 Å². The highest BCUT2D eigenvalue weighted by atomic mass is 79.9. The Labute approximate surface area is 61.9 Å². The summed E-state index contributed by atoms with van der Waals surface area (Å²) in [7, 11) is 0. The van der Waals surface area contributed by atoms with Crippen molar-refractivity contribution in [1.29, 1.82) is 0 Å². The van der Waals surface area contributed by atoms with Crippen LogP contribution in [0.4, 0.5) is 0 Å². The van der Waals surface area contributed by atoms with Gasteiger partial charge in [0.05, 0.1) is 0 Å². The molecule has 0 unspecified atom stereocenters. The molecule has 2 heteroatoms. The predicted octanol–water partition coefficient (Wildman–Crippen LogP) is 2.94. The van der Waals surface area contributed by atoms with Crippen LogP contribution in [0, 0.1) is 0 Å². The molecule has 0 saturated heterocycles. The molecule has 0 aliphatic heterocycles. The Bertz CT molecular complexity index is 35.3. The molecule has 0 aromatic heterocycles. The lowest BCUT2D eigenvalue weighted by molar-refractivity contribution is 0.823. The zero-order valence-electron chi connectivity index (χ0n) is 4.62.